The first-order valence-corrected chi connectivity index (χ1v) is 43.0. The van der Waals surface area contributed by atoms with Crippen LogP contribution in [0.25, 0.3) is 0 Å². The van der Waals surface area contributed by atoms with Crippen LogP contribution in [-0.4, -0.2) is 96.7 Å². The summed E-state index contributed by atoms with van der Waals surface area (Å²) in [5.41, 5.74) is 0. The lowest BCUT2D eigenvalue weighted by atomic mass is 10.1. The Kier molecular flexibility index (Phi) is 73.1. The maximum Gasteiger partial charge on any atom is 0.472 e. The van der Waals surface area contributed by atoms with E-state index < -0.39 is 97.5 Å². The highest BCUT2D eigenvalue weighted by Gasteiger charge is 2.30. The first-order chi connectivity index (χ1) is 51.7. The van der Waals surface area contributed by atoms with Crippen molar-refractivity contribution in [2.75, 3.05) is 39.6 Å². The van der Waals surface area contributed by atoms with Crippen LogP contribution in [0, 0.1) is 0 Å². The number of hydrogen-bond acceptors (Lipinski definition) is 15. The van der Waals surface area contributed by atoms with Crippen molar-refractivity contribution < 1.29 is 80.2 Å². The molecule has 0 saturated carbocycles. The Bertz CT molecular complexity index is 2730. The molecule has 5 unspecified atom stereocenters. The van der Waals surface area contributed by atoms with Crippen LogP contribution >= 0.6 is 15.6 Å². The van der Waals surface area contributed by atoms with Gasteiger partial charge in [0, 0.05) is 19.3 Å². The highest BCUT2D eigenvalue weighted by Crippen LogP contribution is 2.45. The Morgan fingerprint density at radius 1 is 0.283 bits per heavy atom. The van der Waals surface area contributed by atoms with Gasteiger partial charge in [0.1, 0.15) is 19.3 Å². The van der Waals surface area contributed by atoms with E-state index in [2.05, 4.69) is 186 Å². The van der Waals surface area contributed by atoms with Crippen molar-refractivity contribution in [2.24, 2.45) is 0 Å². The van der Waals surface area contributed by atoms with Crippen molar-refractivity contribution in [3.63, 3.8) is 0 Å². The number of phosphoric ester groups is 2. The number of aliphatic hydroxyl groups is 1. The van der Waals surface area contributed by atoms with E-state index in [1.54, 1.807) is 12.2 Å². The maximum absolute atomic E-state index is 13.1. The van der Waals surface area contributed by atoms with Crippen LogP contribution in [0.1, 0.15) is 285 Å². The fourth-order valence-corrected chi connectivity index (χ4v) is 11.5. The summed E-state index contributed by atoms with van der Waals surface area (Å²) in [4.78, 5) is 73.0. The second kappa shape index (κ2) is 77.3. The quantitative estimate of drug-likeness (QED) is 0.0169. The Labute approximate surface area is 641 Å². The van der Waals surface area contributed by atoms with E-state index in [-0.39, 0.29) is 25.7 Å². The topological polar surface area (TPSA) is 237 Å². The van der Waals surface area contributed by atoms with Crippen molar-refractivity contribution in [2.45, 2.75) is 303 Å². The minimum absolute atomic E-state index is 0.0310. The molecule has 0 aromatic heterocycles. The van der Waals surface area contributed by atoms with Gasteiger partial charge >= 0.3 is 39.5 Å². The molecular weight excluding hydrogens is 1380 g/mol. The number of aliphatic hydroxyl groups excluding tert-OH is 1. The average molecular weight is 1520 g/mol. The predicted octanol–water partition coefficient (Wildman–Crippen LogP) is 23.6. The fraction of sp³-hybridized carbons (Fsp3) is 0.609. The summed E-state index contributed by atoms with van der Waals surface area (Å²) in [5, 5.41) is 10.6. The van der Waals surface area contributed by atoms with Crippen LogP contribution in [0.15, 0.2) is 182 Å². The molecule has 0 radical (unpaired) electrons. The van der Waals surface area contributed by atoms with Crippen molar-refractivity contribution in [3.8, 4) is 0 Å². The number of unbranched alkanes of at least 4 members (excludes halogenated alkanes) is 18. The van der Waals surface area contributed by atoms with Gasteiger partial charge in [-0.15, -0.1) is 0 Å². The molecule has 0 rings (SSSR count). The minimum atomic E-state index is -5.02. The normalized spacial score (nSPS) is 14.8. The molecule has 3 N–H and O–H groups in total. The van der Waals surface area contributed by atoms with Crippen LogP contribution < -0.4 is 0 Å². The monoisotopic (exact) mass is 1520 g/mol. The first kappa shape index (κ1) is 100. The Morgan fingerprint density at radius 3 is 0.858 bits per heavy atom. The molecule has 0 aliphatic heterocycles. The van der Waals surface area contributed by atoms with Crippen LogP contribution in [0.2, 0.25) is 0 Å². The lowest BCUT2D eigenvalue weighted by Crippen LogP contribution is -2.30. The van der Waals surface area contributed by atoms with Crippen molar-refractivity contribution in [1.82, 2.24) is 0 Å². The molecule has 0 heterocycles. The Hall–Kier alpha value is -5.84. The zero-order valence-electron chi connectivity index (χ0n) is 65.5. The Morgan fingerprint density at radius 2 is 0.528 bits per heavy atom. The molecule has 19 heteroatoms. The molecule has 5 atom stereocenters. The number of phosphoric acid groups is 2. The van der Waals surface area contributed by atoms with E-state index in [1.807, 2.05) is 12.2 Å². The van der Waals surface area contributed by atoms with E-state index in [4.69, 9.17) is 37.0 Å². The molecular formula is C87H140O17P2. The molecule has 0 spiro atoms. The lowest BCUT2D eigenvalue weighted by molar-refractivity contribution is -0.161. The standard InChI is InChI=1S/C87H140O17P2/c1-5-9-13-17-21-25-29-33-37-39-40-42-46-48-52-56-60-64-68-72-85(90)98-78-83(104-87(92)74-70-66-62-58-54-50-44-36-32-28-24-20-16-12-8-4)80-102-106(95,96)100-76-81(88)75-99-105(93,94)101-79-82(103-86(91)73-69-65-61-57-53-49-43-35-31-27-23-19-15-11-7-3)77-97-84(89)71-67-63-59-55-51-47-45-41-38-34-30-26-22-18-14-10-6-2/h10-12,14-16,21-28,33-38,40,42-44,53-54,57-58,66,70,81-83,88H,5-9,13,17-20,29-32,39,41,45-52,55-56,59-65,67-69,71-80H2,1-4H3,(H,93,94)(H,95,96)/b14-10-,15-11-,16-12-,25-21-,26-22-,27-23-,28-24-,37-33-,38-34-,42-40-,43-35-,44-36-,57-53-,58-54-,70-66-. The van der Waals surface area contributed by atoms with Crippen LogP contribution in [0.5, 0.6) is 0 Å². The molecule has 17 nitrogen and oxygen atoms in total. The molecule has 0 aliphatic rings. The number of hydrogen-bond donors (Lipinski definition) is 3. The number of carbonyl (C=O) groups is 4. The molecule has 106 heavy (non-hydrogen) atoms. The molecule has 0 amide bonds. The third kappa shape index (κ3) is 76.4. The highest BCUT2D eigenvalue weighted by atomic mass is 31.2. The van der Waals surface area contributed by atoms with Crippen LogP contribution in [-0.2, 0) is 65.4 Å². The van der Waals surface area contributed by atoms with Crippen molar-refractivity contribution in [3.05, 3.63) is 182 Å². The smallest absolute Gasteiger partial charge is 0.462 e. The van der Waals surface area contributed by atoms with E-state index >= 15 is 0 Å². The van der Waals surface area contributed by atoms with Crippen molar-refractivity contribution in [1.29, 1.82) is 0 Å². The van der Waals surface area contributed by atoms with Gasteiger partial charge in [-0.05, 0) is 161 Å². The molecule has 0 fully saturated rings. The van der Waals surface area contributed by atoms with Gasteiger partial charge in [-0.2, -0.15) is 0 Å². The molecule has 0 saturated heterocycles. The predicted molar refractivity (Wildman–Crippen MR) is 436 cm³/mol. The third-order valence-corrected chi connectivity index (χ3v) is 17.8. The average Bonchev–Trinajstić information content (AvgIpc) is 0.902. The number of ether oxygens (including phenoxy) is 4. The molecule has 0 aromatic carbocycles. The van der Waals surface area contributed by atoms with Crippen molar-refractivity contribution >= 4 is 39.5 Å². The number of rotatable bonds is 73. The molecule has 0 aromatic rings. The first-order valence-electron chi connectivity index (χ1n) is 40.0. The third-order valence-electron chi connectivity index (χ3n) is 15.9. The summed E-state index contributed by atoms with van der Waals surface area (Å²) in [7, 11) is -10.0. The van der Waals surface area contributed by atoms with Gasteiger partial charge in [0.05, 0.1) is 32.8 Å². The second-order valence-corrected chi connectivity index (χ2v) is 28.8. The summed E-state index contributed by atoms with van der Waals surface area (Å²) >= 11 is 0. The van der Waals surface area contributed by atoms with E-state index in [0.717, 1.165) is 180 Å². The summed E-state index contributed by atoms with van der Waals surface area (Å²) < 4.78 is 68.4. The van der Waals surface area contributed by atoms with E-state index in [9.17, 15) is 43.2 Å². The highest BCUT2D eigenvalue weighted by molar-refractivity contribution is 7.47. The van der Waals surface area contributed by atoms with Gasteiger partial charge in [-0.3, -0.25) is 37.3 Å². The summed E-state index contributed by atoms with van der Waals surface area (Å²) in [6.07, 6.45) is 93.4. The van der Waals surface area contributed by atoms with Crippen LogP contribution in [0.4, 0.5) is 0 Å². The zero-order valence-corrected chi connectivity index (χ0v) is 67.3. The molecule has 0 bridgehead atoms. The summed E-state index contributed by atoms with van der Waals surface area (Å²) in [6.45, 7) is 4.30. The SMILES string of the molecule is CC/C=C\C/C=C\C/C=C\C/C=C\C/C=C\CC(=O)OC(COC(=O)CCCCCCCC/C=C\C/C=C\C/C=C\CCCCC)COP(=O)(O)OCC(O)COP(=O)(O)OCC(COC(=O)CCCCCCCCC/C=C\C/C=C\C/C=C\CC)OC(=O)CCCC/C=C\C/C=C\C/C=C\C/C=C\CC. The van der Waals surface area contributed by atoms with Gasteiger partial charge < -0.3 is 33.8 Å². The number of carbonyl (C=O) groups excluding carboxylic acids is 4. The summed E-state index contributed by atoms with van der Waals surface area (Å²) in [6, 6.07) is 0. The van der Waals surface area contributed by atoms with Gasteiger partial charge in [-0.25, -0.2) is 9.13 Å². The van der Waals surface area contributed by atoms with E-state index in [0.29, 0.717) is 32.1 Å². The molecule has 0 aliphatic carbocycles. The van der Waals surface area contributed by atoms with Gasteiger partial charge in [-0.1, -0.05) is 281 Å². The number of esters is 4. The second-order valence-electron chi connectivity index (χ2n) is 25.9. The lowest BCUT2D eigenvalue weighted by Gasteiger charge is -2.21. The van der Waals surface area contributed by atoms with Crippen LogP contribution in [0.3, 0.4) is 0 Å². The van der Waals surface area contributed by atoms with Gasteiger partial charge in [0.25, 0.3) is 0 Å². The van der Waals surface area contributed by atoms with Gasteiger partial charge in [0.2, 0.25) is 0 Å². The van der Waals surface area contributed by atoms with E-state index in [1.165, 1.54) is 19.3 Å². The minimum Gasteiger partial charge on any atom is -0.462 e. The molecule has 600 valence electrons. The Balaban J connectivity index is 5.49. The summed E-state index contributed by atoms with van der Waals surface area (Å²) in [5.74, 6) is -2.41. The fourth-order valence-electron chi connectivity index (χ4n) is 9.89. The van der Waals surface area contributed by atoms with Gasteiger partial charge in [0.15, 0.2) is 12.2 Å². The maximum atomic E-state index is 13.1. The number of allylic oxidation sites excluding steroid dienone is 29. The largest absolute Gasteiger partial charge is 0.472 e. The zero-order chi connectivity index (χ0) is 77.4.